The monoisotopic (exact) mass is 334 g/mol. The Bertz CT molecular complexity index is 809. The average Bonchev–Trinajstić information content (AvgIpc) is 3.19. The van der Waals surface area contributed by atoms with Crippen LogP contribution in [0.15, 0.2) is 16.8 Å². The van der Waals surface area contributed by atoms with Gasteiger partial charge < -0.3 is 9.42 Å². The number of rotatable bonds is 2. The number of hydrogen-bond acceptors (Lipinski definition) is 5. The van der Waals surface area contributed by atoms with Crippen LogP contribution in [0.3, 0.4) is 0 Å². The number of amides is 1. The fourth-order valence-corrected chi connectivity index (χ4v) is 4.01. The number of aryl methyl sites for hydroxylation is 1. The molecule has 2 atom stereocenters. The van der Waals surface area contributed by atoms with Crippen LogP contribution in [0.25, 0.3) is 0 Å². The smallest absolute Gasteiger partial charge is 0.275 e. The van der Waals surface area contributed by atoms with Gasteiger partial charge in [0.15, 0.2) is 17.3 Å². The van der Waals surface area contributed by atoms with E-state index in [2.05, 4.69) is 15.1 Å². The highest BCUT2D eigenvalue weighted by atomic mass is 19.1. The zero-order valence-corrected chi connectivity index (χ0v) is 13.1. The minimum absolute atomic E-state index is 0.199. The number of pyridine rings is 1. The summed E-state index contributed by atoms with van der Waals surface area (Å²) >= 11 is 0. The molecule has 1 aliphatic heterocycles. The second kappa shape index (κ2) is 5.32. The van der Waals surface area contributed by atoms with Gasteiger partial charge in [-0.15, -0.1) is 0 Å². The molecular formula is C16H16F2N4O2. The van der Waals surface area contributed by atoms with Crippen LogP contribution in [0, 0.1) is 24.5 Å². The van der Waals surface area contributed by atoms with Crippen LogP contribution in [0.4, 0.5) is 8.78 Å². The van der Waals surface area contributed by atoms with Crippen LogP contribution < -0.4 is 0 Å². The molecule has 1 aliphatic carbocycles. The fraction of sp³-hybridized carbons (Fsp3) is 0.500. The summed E-state index contributed by atoms with van der Waals surface area (Å²) in [5, 5.41) is 3.86. The summed E-state index contributed by atoms with van der Waals surface area (Å²) in [6, 6.07) is 0.675. The van der Waals surface area contributed by atoms with Gasteiger partial charge in [-0.2, -0.15) is 4.98 Å². The van der Waals surface area contributed by atoms with E-state index in [0.717, 1.165) is 25.5 Å². The Morgan fingerprint density at radius 3 is 3.00 bits per heavy atom. The van der Waals surface area contributed by atoms with E-state index in [1.165, 1.54) is 0 Å². The van der Waals surface area contributed by atoms with Crippen molar-refractivity contribution in [2.24, 2.45) is 5.92 Å². The van der Waals surface area contributed by atoms with Crippen molar-refractivity contribution in [1.29, 1.82) is 0 Å². The van der Waals surface area contributed by atoms with E-state index in [1.807, 2.05) is 0 Å². The van der Waals surface area contributed by atoms with Gasteiger partial charge in [-0.1, -0.05) is 11.6 Å². The lowest BCUT2D eigenvalue weighted by Gasteiger charge is -2.24. The van der Waals surface area contributed by atoms with E-state index < -0.39 is 17.5 Å². The van der Waals surface area contributed by atoms with Crippen molar-refractivity contribution in [3.8, 4) is 0 Å². The molecule has 126 valence electrons. The topological polar surface area (TPSA) is 72.1 Å². The summed E-state index contributed by atoms with van der Waals surface area (Å²) in [7, 11) is 0. The Hall–Kier alpha value is -2.38. The molecule has 1 amide bonds. The van der Waals surface area contributed by atoms with Crippen molar-refractivity contribution < 1.29 is 18.1 Å². The molecule has 4 rings (SSSR count). The maximum Gasteiger partial charge on any atom is 0.275 e. The van der Waals surface area contributed by atoms with E-state index in [1.54, 1.807) is 11.8 Å². The van der Waals surface area contributed by atoms with Crippen LogP contribution >= 0.6 is 0 Å². The van der Waals surface area contributed by atoms with Crippen LogP contribution in [0.1, 0.15) is 41.5 Å². The van der Waals surface area contributed by atoms with E-state index in [-0.39, 0.29) is 17.0 Å². The van der Waals surface area contributed by atoms with Gasteiger partial charge in [-0.3, -0.25) is 4.79 Å². The van der Waals surface area contributed by atoms with Crippen molar-refractivity contribution >= 4 is 5.91 Å². The molecule has 1 saturated heterocycles. The Kier molecular flexibility index (Phi) is 3.36. The molecule has 3 heterocycles. The Labute approximate surface area is 136 Å². The first-order chi connectivity index (χ1) is 11.5. The predicted molar refractivity (Wildman–Crippen MR) is 78.1 cm³/mol. The van der Waals surface area contributed by atoms with Crippen LogP contribution in [0.2, 0.25) is 0 Å². The highest BCUT2D eigenvalue weighted by molar-refractivity contribution is 5.92. The summed E-state index contributed by atoms with van der Waals surface area (Å²) in [6.07, 6.45) is 3.68. The van der Waals surface area contributed by atoms with Gasteiger partial charge in [0.1, 0.15) is 5.82 Å². The normalized spacial score (nSPS) is 26.0. The van der Waals surface area contributed by atoms with E-state index >= 15 is 0 Å². The second-order valence-electron chi connectivity index (χ2n) is 6.56. The standard InChI is InChI=1S/C16H16F2N4O2/c1-9-20-15(24-21-9)16-4-2-3-10(16)7-22(8-16)14(23)13-12(18)5-11(17)6-19-13/h5-6,10H,2-4,7-8H2,1H3/t10-,16-/m0/s1. The highest BCUT2D eigenvalue weighted by Crippen LogP contribution is 2.50. The van der Waals surface area contributed by atoms with Crippen molar-refractivity contribution in [3.05, 3.63) is 41.3 Å². The zero-order valence-electron chi connectivity index (χ0n) is 13.1. The molecule has 2 aliphatic rings. The first-order valence-corrected chi connectivity index (χ1v) is 7.91. The van der Waals surface area contributed by atoms with E-state index in [9.17, 15) is 13.6 Å². The summed E-state index contributed by atoms with van der Waals surface area (Å²) in [4.78, 5) is 22.2. The second-order valence-corrected chi connectivity index (χ2v) is 6.56. The molecule has 1 saturated carbocycles. The number of fused-ring (bicyclic) bond motifs is 1. The fourth-order valence-electron chi connectivity index (χ4n) is 4.01. The summed E-state index contributed by atoms with van der Waals surface area (Å²) in [5.41, 5.74) is -0.721. The Morgan fingerprint density at radius 1 is 1.46 bits per heavy atom. The van der Waals surface area contributed by atoms with Crippen molar-refractivity contribution in [2.75, 3.05) is 13.1 Å². The molecule has 0 spiro atoms. The van der Waals surface area contributed by atoms with Crippen molar-refractivity contribution in [1.82, 2.24) is 20.0 Å². The molecule has 24 heavy (non-hydrogen) atoms. The molecule has 0 radical (unpaired) electrons. The third-order valence-electron chi connectivity index (χ3n) is 5.12. The molecule has 0 aromatic carbocycles. The lowest BCUT2D eigenvalue weighted by molar-refractivity contribution is 0.0764. The number of halogens is 2. The maximum absolute atomic E-state index is 13.9. The molecule has 0 unspecified atom stereocenters. The molecule has 0 N–H and O–H groups in total. The van der Waals surface area contributed by atoms with Gasteiger partial charge >= 0.3 is 0 Å². The van der Waals surface area contributed by atoms with E-state index in [4.69, 9.17) is 4.52 Å². The maximum atomic E-state index is 13.9. The van der Waals surface area contributed by atoms with Crippen LogP contribution in [-0.4, -0.2) is 39.0 Å². The third kappa shape index (κ3) is 2.20. The number of aromatic nitrogens is 3. The van der Waals surface area contributed by atoms with Gasteiger partial charge in [0.05, 0.1) is 11.6 Å². The summed E-state index contributed by atoms with van der Waals surface area (Å²) in [6.45, 7) is 2.62. The lowest BCUT2D eigenvalue weighted by Crippen LogP contribution is -2.35. The van der Waals surface area contributed by atoms with Gasteiger partial charge in [0.25, 0.3) is 5.91 Å². The van der Waals surface area contributed by atoms with Crippen LogP contribution in [-0.2, 0) is 5.41 Å². The van der Waals surface area contributed by atoms with Gasteiger partial charge in [-0.05, 0) is 25.7 Å². The van der Waals surface area contributed by atoms with Crippen LogP contribution in [0.5, 0.6) is 0 Å². The number of nitrogens with zero attached hydrogens (tertiary/aromatic N) is 4. The Balaban J connectivity index is 1.64. The van der Waals surface area contributed by atoms with E-state index in [0.29, 0.717) is 30.9 Å². The average molecular weight is 334 g/mol. The zero-order chi connectivity index (χ0) is 16.9. The molecule has 0 bridgehead atoms. The van der Waals surface area contributed by atoms with Crippen molar-refractivity contribution in [3.63, 3.8) is 0 Å². The summed E-state index contributed by atoms with van der Waals surface area (Å²) in [5.74, 6) is -0.978. The minimum atomic E-state index is -0.945. The molecule has 6 nitrogen and oxygen atoms in total. The largest absolute Gasteiger partial charge is 0.339 e. The SMILES string of the molecule is Cc1noc([C@]23CCC[C@H]2CN(C(=O)c2ncc(F)cc2F)C3)n1. The molecule has 2 fully saturated rings. The minimum Gasteiger partial charge on any atom is -0.339 e. The number of carbonyl (C=O) groups is 1. The third-order valence-corrected chi connectivity index (χ3v) is 5.12. The highest BCUT2D eigenvalue weighted by Gasteiger charge is 2.55. The number of carbonyl (C=O) groups excluding carboxylic acids is 1. The molecular weight excluding hydrogens is 318 g/mol. The van der Waals surface area contributed by atoms with Crippen molar-refractivity contribution in [2.45, 2.75) is 31.6 Å². The Morgan fingerprint density at radius 2 is 2.29 bits per heavy atom. The first-order valence-electron chi connectivity index (χ1n) is 7.91. The molecule has 2 aromatic rings. The molecule has 2 aromatic heterocycles. The van der Waals surface area contributed by atoms with Gasteiger partial charge in [-0.25, -0.2) is 13.8 Å². The van der Waals surface area contributed by atoms with Gasteiger partial charge in [0.2, 0.25) is 5.89 Å². The number of likely N-dealkylation sites (tertiary alicyclic amines) is 1. The lowest BCUT2D eigenvalue weighted by atomic mass is 9.80. The number of hydrogen-bond donors (Lipinski definition) is 0. The molecule has 8 heteroatoms. The summed E-state index contributed by atoms with van der Waals surface area (Å²) < 4.78 is 32.3. The van der Waals surface area contributed by atoms with Gasteiger partial charge in [0, 0.05) is 19.2 Å². The first kappa shape index (κ1) is 15.2. The quantitative estimate of drug-likeness (QED) is 0.842. The predicted octanol–water partition coefficient (Wildman–Crippen LogP) is 2.25.